The summed E-state index contributed by atoms with van der Waals surface area (Å²) in [6.07, 6.45) is 0.976. The van der Waals surface area contributed by atoms with Gasteiger partial charge in [0.15, 0.2) is 0 Å². The highest BCUT2D eigenvalue weighted by molar-refractivity contribution is 7.09. The quantitative estimate of drug-likeness (QED) is 0.792. The van der Waals surface area contributed by atoms with Crippen LogP contribution in [0.15, 0.2) is 5.38 Å². The highest BCUT2D eigenvalue weighted by atomic mass is 32.1. The second-order valence-corrected chi connectivity index (χ2v) is 4.80. The van der Waals surface area contributed by atoms with Crippen molar-refractivity contribution in [3.63, 3.8) is 0 Å². The van der Waals surface area contributed by atoms with E-state index in [-0.39, 0.29) is 5.97 Å². The van der Waals surface area contributed by atoms with E-state index in [4.69, 9.17) is 5.73 Å². The molecule has 4 nitrogen and oxygen atoms in total. The lowest BCUT2D eigenvalue weighted by molar-refractivity contribution is -0.140. The largest absolute Gasteiger partial charge is 0.469 e. The van der Waals surface area contributed by atoms with Gasteiger partial charge in [0.2, 0.25) is 0 Å². The SMILES string of the molecule is COC(=O)CCc1csc(C(C)(C)N)n1. The number of aromatic nitrogens is 1. The third-order valence-electron chi connectivity index (χ3n) is 1.92. The minimum atomic E-state index is -0.409. The van der Waals surface area contributed by atoms with Crippen LogP contribution in [0, 0.1) is 0 Å². The molecule has 0 fully saturated rings. The van der Waals surface area contributed by atoms with Crippen molar-refractivity contribution in [3.8, 4) is 0 Å². The Labute approximate surface area is 93.5 Å². The Morgan fingerprint density at radius 3 is 2.80 bits per heavy atom. The van der Waals surface area contributed by atoms with Gasteiger partial charge in [-0.1, -0.05) is 0 Å². The minimum absolute atomic E-state index is 0.212. The molecule has 2 N–H and O–H groups in total. The standard InChI is InChI=1S/C10H16N2O2S/c1-10(2,11)9-12-7(6-15-9)4-5-8(13)14-3/h6H,4-5,11H2,1-3H3. The maximum atomic E-state index is 10.9. The smallest absolute Gasteiger partial charge is 0.305 e. The van der Waals surface area contributed by atoms with Crippen LogP contribution in [0.3, 0.4) is 0 Å². The number of aryl methyl sites for hydroxylation is 1. The molecule has 1 aromatic heterocycles. The molecule has 15 heavy (non-hydrogen) atoms. The summed E-state index contributed by atoms with van der Waals surface area (Å²) >= 11 is 1.53. The van der Waals surface area contributed by atoms with Gasteiger partial charge in [-0.2, -0.15) is 0 Å². The number of methoxy groups -OCH3 is 1. The third-order valence-corrected chi connectivity index (χ3v) is 3.15. The van der Waals surface area contributed by atoms with Gasteiger partial charge in [-0.05, 0) is 13.8 Å². The van der Waals surface area contributed by atoms with Gasteiger partial charge in [-0.15, -0.1) is 11.3 Å². The van der Waals surface area contributed by atoms with Gasteiger partial charge in [0.1, 0.15) is 5.01 Å². The normalized spacial score (nSPS) is 11.5. The molecule has 5 heteroatoms. The fourth-order valence-electron chi connectivity index (χ4n) is 1.05. The predicted octanol–water partition coefficient (Wildman–Crippen LogP) is 1.44. The number of carbonyl (C=O) groups is 1. The van der Waals surface area contributed by atoms with Gasteiger partial charge < -0.3 is 10.5 Å². The summed E-state index contributed by atoms with van der Waals surface area (Å²) in [6, 6.07) is 0. The first kappa shape index (κ1) is 12.1. The number of thiazole rings is 1. The van der Waals surface area contributed by atoms with Crippen LogP contribution in [0.1, 0.15) is 31.0 Å². The summed E-state index contributed by atoms with van der Waals surface area (Å²) in [5.74, 6) is -0.212. The monoisotopic (exact) mass is 228 g/mol. The molecule has 1 aromatic rings. The van der Waals surface area contributed by atoms with E-state index in [9.17, 15) is 4.79 Å². The molecule has 0 amide bonds. The maximum Gasteiger partial charge on any atom is 0.305 e. The molecule has 0 aromatic carbocycles. The van der Waals surface area contributed by atoms with Crippen molar-refractivity contribution in [3.05, 3.63) is 16.1 Å². The van der Waals surface area contributed by atoms with E-state index in [1.54, 1.807) is 0 Å². The van der Waals surface area contributed by atoms with Crippen LogP contribution >= 0.6 is 11.3 Å². The van der Waals surface area contributed by atoms with Gasteiger partial charge in [0.25, 0.3) is 0 Å². The highest BCUT2D eigenvalue weighted by Gasteiger charge is 2.18. The van der Waals surface area contributed by atoms with Crippen LogP contribution in [0.5, 0.6) is 0 Å². The van der Waals surface area contributed by atoms with Crippen molar-refractivity contribution >= 4 is 17.3 Å². The topological polar surface area (TPSA) is 65.2 Å². The van der Waals surface area contributed by atoms with Crippen LogP contribution in [-0.2, 0) is 21.5 Å². The number of ether oxygens (including phenoxy) is 1. The zero-order valence-corrected chi connectivity index (χ0v) is 10.1. The first-order chi connectivity index (χ1) is 6.93. The molecule has 0 saturated heterocycles. The Kier molecular flexibility index (Phi) is 3.82. The Hall–Kier alpha value is -0.940. The van der Waals surface area contributed by atoms with Crippen molar-refractivity contribution < 1.29 is 9.53 Å². The van der Waals surface area contributed by atoms with Gasteiger partial charge in [0, 0.05) is 11.8 Å². The number of hydrogen-bond acceptors (Lipinski definition) is 5. The molecule has 0 bridgehead atoms. The molecule has 1 heterocycles. The van der Waals surface area contributed by atoms with Crippen molar-refractivity contribution in [2.75, 3.05) is 7.11 Å². The number of hydrogen-bond donors (Lipinski definition) is 1. The summed E-state index contributed by atoms with van der Waals surface area (Å²) in [5.41, 5.74) is 6.40. The van der Waals surface area contributed by atoms with E-state index in [1.807, 2.05) is 19.2 Å². The van der Waals surface area contributed by atoms with Crippen LogP contribution in [0.25, 0.3) is 0 Å². The fraction of sp³-hybridized carbons (Fsp3) is 0.600. The number of nitrogens with two attached hydrogens (primary N) is 1. The third kappa shape index (κ3) is 3.60. The number of esters is 1. The van der Waals surface area contributed by atoms with E-state index >= 15 is 0 Å². The molecule has 0 saturated carbocycles. The lowest BCUT2D eigenvalue weighted by Gasteiger charge is -2.13. The predicted molar refractivity (Wildman–Crippen MR) is 59.7 cm³/mol. The Morgan fingerprint density at radius 1 is 1.67 bits per heavy atom. The zero-order chi connectivity index (χ0) is 11.5. The van der Waals surface area contributed by atoms with E-state index in [0.717, 1.165) is 10.7 Å². The summed E-state index contributed by atoms with van der Waals surface area (Å²) in [6.45, 7) is 3.83. The minimum Gasteiger partial charge on any atom is -0.469 e. The summed E-state index contributed by atoms with van der Waals surface area (Å²) in [7, 11) is 1.39. The van der Waals surface area contributed by atoms with E-state index in [2.05, 4.69) is 9.72 Å². The summed E-state index contributed by atoms with van der Waals surface area (Å²) < 4.78 is 4.56. The molecule has 1 rings (SSSR count). The van der Waals surface area contributed by atoms with Gasteiger partial charge in [0.05, 0.1) is 24.8 Å². The molecule has 0 radical (unpaired) electrons. The molecule has 0 spiro atoms. The number of carbonyl (C=O) groups excluding carboxylic acids is 1. The van der Waals surface area contributed by atoms with Gasteiger partial charge >= 0.3 is 5.97 Å². The summed E-state index contributed by atoms with van der Waals surface area (Å²) in [4.78, 5) is 15.3. The number of nitrogens with zero attached hydrogens (tertiary/aromatic N) is 1. The molecule has 0 unspecified atom stereocenters. The van der Waals surface area contributed by atoms with Crippen LogP contribution in [0.4, 0.5) is 0 Å². The van der Waals surface area contributed by atoms with Crippen molar-refractivity contribution in [2.24, 2.45) is 5.73 Å². The van der Waals surface area contributed by atoms with Crippen LogP contribution in [0.2, 0.25) is 0 Å². The van der Waals surface area contributed by atoms with Gasteiger partial charge in [-0.25, -0.2) is 4.98 Å². The zero-order valence-electron chi connectivity index (χ0n) is 9.24. The summed E-state index contributed by atoms with van der Waals surface area (Å²) in [5, 5.41) is 2.83. The second kappa shape index (κ2) is 4.72. The van der Waals surface area contributed by atoms with Crippen molar-refractivity contribution in [1.29, 1.82) is 0 Å². The molecule has 0 atom stereocenters. The Morgan fingerprint density at radius 2 is 2.33 bits per heavy atom. The molecule has 0 aliphatic heterocycles. The van der Waals surface area contributed by atoms with E-state index < -0.39 is 5.54 Å². The van der Waals surface area contributed by atoms with Crippen LogP contribution in [-0.4, -0.2) is 18.1 Å². The van der Waals surface area contributed by atoms with Crippen molar-refractivity contribution in [1.82, 2.24) is 4.98 Å². The molecule has 0 aliphatic rings. The van der Waals surface area contributed by atoms with E-state index in [1.165, 1.54) is 18.4 Å². The lowest BCUT2D eigenvalue weighted by atomic mass is 10.1. The molecule has 0 aliphatic carbocycles. The Bertz CT molecular complexity index is 341. The van der Waals surface area contributed by atoms with Crippen LogP contribution < -0.4 is 5.73 Å². The average Bonchev–Trinajstić information content (AvgIpc) is 2.61. The molecular formula is C10H16N2O2S. The van der Waals surface area contributed by atoms with E-state index in [0.29, 0.717) is 12.8 Å². The first-order valence-electron chi connectivity index (χ1n) is 4.74. The average molecular weight is 228 g/mol. The maximum absolute atomic E-state index is 10.9. The molecule has 84 valence electrons. The highest BCUT2D eigenvalue weighted by Crippen LogP contribution is 2.21. The van der Waals surface area contributed by atoms with Crippen molar-refractivity contribution in [2.45, 2.75) is 32.2 Å². The van der Waals surface area contributed by atoms with Gasteiger partial charge in [-0.3, -0.25) is 4.79 Å². The second-order valence-electron chi connectivity index (χ2n) is 3.94. The Balaban J connectivity index is 2.58. The fourth-order valence-corrected chi connectivity index (χ4v) is 1.94. The molecular weight excluding hydrogens is 212 g/mol. The number of rotatable bonds is 4. The first-order valence-corrected chi connectivity index (χ1v) is 5.62. The lowest BCUT2D eigenvalue weighted by Crippen LogP contribution is -2.28.